The number of anilines is 2. The van der Waals surface area contributed by atoms with Gasteiger partial charge < -0.3 is 4.74 Å². The first-order chi connectivity index (χ1) is 13.1. The first-order valence-corrected chi connectivity index (χ1v) is 9.21. The zero-order chi connectivity index (χ0) is 19.1. The van der Waals surface area contributed by atoms with Crippen molar-refractivity contribution >= 4 is 40.1 Å². The lowest BCUT2D eigenvalue weighted by atomic mass is 10.2. The Kier molecular flexibility index (Phi) is 6.12. The summed E-state index contributed by atoms with van der Waals surface area (Å²) in [5.41, 5.74) is 2.26. The number of rotatable bonds is 6. The van der Waals surface area contributed by atoms with E-state index < -0.39 is 5.97 Å². The zero-order valence-electron chi connectivity index (χ0n) is 14.7. The number of benzene rings is 2. The molecule has 0 aliphatic carbocycles. The molecule has 27 heavy (non-hydrogen) atoms. The van der Waals surface area contributed by atoms with Crippen molar-refractivity contribution in [2.24, 2.45) is 0 Å². The Morgan fingerprint density at radius 3 is 2.41 bits per heavy atom. The second-order valence-electron chi connectivity index (χ2n) is 5.66. The highest BCUT2D eigenvalue weighted by molar-refractivity contribution is 7.14. The van der Waals surface area contributed by atoms with E-state index in [1.807, 2.05) is 60.7 Å². The van der Waals surface area contributed by atoms with Crippen LogP contribution in [-0.4, -0.2) is 16.9 Å². The van der Waals surface area contributed by atoms with Crippen molar-refractivity contribution in [3.8, 4) is 0 Å². The van der Waals surface area contributed by atoms with Crippen molar-refractivity contribution in [1.29, 1.82) is 0 Å². The Labute approximate surface area is 161 Å². The van der Waals surface area contributed by atoms with E-state index in [1.54, 1.807) is 11.5 Å². The quantitative estimate of drug-likeness (QED) is 0.465. The molecule has 0 saturated carbocycles. The topological polar surface area (TPSA) is 59.5 Å². The standard InChI is InChI=1S/C21H18N2O3S/c1-16(24)23(19-10-6-3-7-11-19)21-22-18(15-27-21)14-26-20(25)13-12-17-8-4-2-5-9-17/h2-13,15H,14H2,1H3/b13-12+. The maximum atomic E-state index is 12.0. The van der Waals surface area contributed by atoms with Crippen molar-refractivity contribution in [1.82, 2.24) is 4.98 Å². The van der Waals surface area contributed by atoms with Gasteiger partial charge in [0.25, 0.3) is 0 Å². The highest BCUT2D eigenvalue weighted by atomic mass is 32.1. The molecule has 0 saturated heterocycles. The maximum absolute atomic E-state index is 12.0. The number of ether oxygens (including phenoxy) is 1. The van der Waals surface area contributed by atoms with E-state index in [2.05, 4.69) is 4.98 Å². The number of hydrogen-bond donors (Lipinski definition) is 0. The minimum absolute atomic E-state index is 0.0506. The Hall–Kier alpha value is -3.25. The van der Waals surface area contributed by atoms with Gasteiger partial charge in [-0.05, 0) is 23.8 Å². The second kappa shape index (κ2) is 8.91. The molecule has 2 aromatic carbocycles. The fourth-order valence-corrected chi connectivity index (χ4v) is 3.26. The molecule has 6 heteroatoms. The van der Waals surface area contributed by atoms with Crippen LogP contribution in [0.2, 0.25) is 0 Å². The number of thiazole rings is 1. The van der Waals surface area contributed by atoms with Crippen LogP contribution in [0, 0.1) is 0 Å². The molecule has 0 fully saturated rings. The SMILES string of the molecule is CC(=O)N(c1ccccc1)c1nc(COC(=O)/C=C/c2ccccc2)cs1. The van der Waals surface area contributed by atoms with E-state index in [0.29, 0.717) is 10.8 Å². The van der Waals surface area contributed by atoms with Gasteiger partial charge in [0.15, 0.2) is 5.13 Å². The van der Waals surface area contributed by atoms with Crippen LogP contribution in [0.15, 0.2) is 72.1 Å². The van der Waals surface area contributed by atoms with Crippen molar-refractivity contribution < 1.29 is 14.3 Å². The van der Waals surface area contributed by atoms with E-state index in [0.717, 1.165) is 11.3 Å². The molecule has 0 N–H and O–H groups in total. The van der Waals surface area contributed by atoms with Crippen molar-refractivity contribution in [3.05, 3.63) is 83.4 Å². The molecule has 0 spiro atoms. The Balaban J connectivity index is 1.63. The number of aromatic nitrogens is 1. The fraction of sp³-hybridized carbons (Fsp3) is 0.0952. The average molecular weight is 378 g/mol. The molecule has 0 unspecified atom stereocenters. The van der Waals surface area contributed by atoms with Crippen LogP contribution in [0.5, 0.6) is 0 Å². The smallest absolute Gasteiger partial charge is 0.331 e. The van der Waals surface area contributed by atoms with E-state index >= 15 is 0 Å². The van der Waals surface area contributed by atoms with Crippen LogP contribution < -0.4 is 4.90 Å². The third-order valence-corrected chi connectivity index (χ3v) is 4.51. The lowest BCUT2D eigenvalue weighted by Gasteiger charge is -2.17. The van der Waals surface area contributed by atoms with Gasteiger partial charge in [0, 0.05) is 18.4 Å². The molecule has 0 aliphatic rings. The summed E-state index contributed by atoms with van der Waals surface area (Å²) in [5, 5.41) is 2.32. The van der Waals surface area contributed by atoms with Crippen LogP contribution >= 0.6 is 11.3 Å². The largest absolute Gasteiger partial charge is 0.456 e. The predicted octanol–water partition coefficient (Wildman–Crippen LogP) is 4.58. The summed E-state index contributed by atoms with van der Waals surface area (Å²) in [5.74, 6) is -0.579. The van der Waals surface area contributed by atoms with E-state index in [1.165, 1.54) is 29.2 Å². The summed E-state index contributed by atoms with van der Waals surface area (Å²) in [7, 11) is 0. The summed E-state index contributed by atoms with van der Waals surface area (Å²) in [6, 6.07) is 18.8. The van der Waals surface area contributed by atoms with E-state index in [4.69, 9.17) is 4.74 Å². The minimum atomic E-state index is -0.445. The van der Waals surface area contributed by atoms with Gasteiger partial charge in [-0.3, -0.25) is 9.69 Å². The average Bonchev–Trinajstić information content (AvgIpc) is 3.14. The first-order valence-electron chi connectivity index (χ1n) is 8.33. The molecule has 1 amide bonds. The Morgan fingerprint density at radius 1 is 1.07 bits per heavy atom. The molecule has 0 atom stereocenters. The van der Waals surface area contributed by atoms with Crippen LogP contribution in [-0.2, 0) is 20.9 Å². The van der Waals surface area contributed by atoms with Gasteiger partial charge >= 0.3 is 5.97 Å². The predicted molar refractivity (Wildman–Crippen MR) is 107 cm³/mol. The minimum Gasteiger partial charge on any atom is -0.456 e. The molecular weight excluding hydrogens is 360 g/mol. The van der Waals surface area contributed by atoms with Crippen LogP contribution in [0.4, 0.5) is 10.8 Å². The summed E-state index contributed by atoms with van der Waals surface area (Å²) >= 11 is 1.33. The monoisotopic (exact) mass is 378 g/mol. The van der Waals surface area contributed by atoms with Gasteiger partial charge in [0.05, 0.1) is 11.4 Å². The molecule has 1 aromatic heterocycles. The summed E-state index contributed by atoms with van der Waals surface area (Å²) in [6.07, 6.45) is 3.08. The lowest BCUT2D eigenvalue weighted by molar-refractivity contribution is -0.139. The summed E-state index contributed by atoms with van der Waals surface area (Å²) < 4.78 is 5.22. The van der Waals surface area contributed by atoms with Crippen molar-refractivity contribution in [2.75, 3.05) is 4.90 Å². The van der Waals surface area contributed by atoms with Crippen molar-refractivity contribution in [3.63, 3.8) is 0 Å². The molecule has 3 aromatic rings. The van der Waals surface area contributed by atoms with Crippen LogP contribution in [0.1, 0.15) is 18.2 Å². The number of nitrogens with zero attached hydrogens (tertiary/aromatic N) is 2. The third kappa shape index (κ3) is 5.12. The van der Waals surface area contributed by atoms with Gasteiger partial charge in [-0.1, -0.05) is 48.5 Å². The molecule has 0 bridgehead atoms. The number of carbonyl (C=O) groups is 2. The second-order valence-corrected chi connectivity index (χ2v) is 6.50. The number of amides is 1. The molecular formula is C21H18N2O3S. The van der Waals surface area contributed by atoms with E-state index in [9.17, 15) is 9.59 Å². The lowest BCUT2D eigenvalue weighted by Crippen LogP contribution is -2.22. The molecule has 0 aliphatic heterocycles. The number of para-hydroxylation sites is 1. The molecule has 5 nitrogen and oxygen atoms in total. The summed E-state index contributed by atoms with van der Waals surface area (Å²) in [6.45, 7) is 1.54. The number of esters is 1. The van der Waals surface area contributed by atoms with Crippen LogP contribution in [0.3, 0.4) is 0 Å². The third-order valence-electron chi connectivity index (χ3n) is 3.63. The highest BCUT2D eigenvalue weighted by Crippen LogP contribution is 2.28. The van der Waals surface area contributed by atoms with Gasteiger partial charge in [0.2, 0.25) is 5.91 Å². The number of hydrogen-bond acceptors (Lipinski definition) is 5. The first kappa shape index (κ1) is 18.5. The zero-order valence-corrected chi connectivity index (χ0v) is 15.6. The highest BCUT2D eigenvalue weighted by Gasteiger charge is 2.17. The normalized spacial score (nSPS) is 10.7. The van der Waals surface area contributed by atoms with Crippen LogP contribution in [0.25, 0.3) is 6.08 Å². The molecule has 3 rings (SSSR count). The van der Waals surface area contributed by atoms with Gasteiger partial charge in [-0.25, -0.2) is 9.78 Å². The Morgan fingerprint density at radius 2 is 1.74 bits per heavy atom. The maximum Gasteiger partial charge on any atom is 0.331 e. The van der Waals surface area contributed by atoms with Crippen molar-refractivity contribution in [2.45, 2.75) is 13.5 Å². The number of carbonyl (C=O) groups excluding carboxylic acids is 2. The molecule has 136 valence electrons. The van der Waals surface area contributed by atoms with Gasteiger partial charge in [-0.15, -0.1) is 11.3 Å². The van der Waals surface area contributed by atoms with Gasteiger partial charge in [0.1, 0.15) is 6.61 Å². The molecule has 1 heterocycles. The van der Waals surface area contributed by atoms with Gasteiger partial charge in [-0.2, -0.15) is 0 Å². The Bertz CT molecular complexity index is 936. The summed E-state index contributed by atoms with van der Waals surface area (Å²) in [4.78, 5) is 29.9. The fourth-order valence-electron chi connectivity index (χ4n) is 2.39. The van der Waals surface area contributed by atoms with E-state index in [-0.39, 0.29) is 12.5 Å². The molecule has 0 radical (unpaired) electrons.